The molecule has 4 aromatic rings. The highest BCUT2D eigenvalue weighted by molar-refractivity contribution is 6.00. The minimum Gasteiger partial charge on any atom is -0.494 e. The Morgan fingerprint density at radius 1 is 1.06 bits per heavy atom. The highest BCUT2D eigenvalue weighted by Gasteiger charge is 2.33. The van der Waals surface area contributed by atoms with Crippen molar-refractivity contribution in [2.24, 2.45) is 0 Å². The quantitative estimate of drug-likeness (QED) is 0.409. The van der Waals surface area contributed by atoms with Gasteiger partial charge >= 0.3 is 0 Å². The molecule has 33 heavy (non-hydrogen) atoms. The van der Waals surface area contributed by atoms with E-state index in [0.29, 0.717) is 17.9 Å². The lowest BCUT2D eigenvalue weighted by Crippen LogP contribution is -2.30. The molecule has 0 saturated carbocycles. The predicted molar refractivity (Wildman–Crippen MR) is 127 cm³/mol. The number of benzene rings is 2. The number of pyridine rings is 1. The molecule has 2 aromatic heterocycles. The molecule has 0 aliphatic carbocycles. The van der Waals surface area contributed by atoms with Gasteiger partial charge < -0.3 is 9.64 Å². The first-order valence-electron chi connectivity index (χ1n) is 11.3. The third-order valence-corrected chi connectivity index (χ3v) is 5.99. The number of likely N-dealkylation sites (tertiary alicyclic amines) is 1. The Morgan fingerprint density at radius 3 is 2.61 bits per heavy atom. The predicted octanol–water partition coefficient (Wildman–Crippen LogP) is 5.31. The van der Waals surface area contributed by atoms with Crippen molar-refractivity contribution in [3.63, 3.8) is 0 Å². The summed E-state index contributed by atoms with van der Waals surface area (Å²) in [5.41, 5.74) is 4.10. The molecule has 0 unspecified atom stereocenters. The number of ether oxygens (including phenoxy) is 1. The van der Waals surface area contributed by atoms with Crippen LogP contribution in [-0.4, -0.2) is 38.7 Å². The molecule has 1 fully saturated rings. The second kappa shape index (κ2) is 9.28. The summed E-state index contributed by atoms with van der Waals surface area (Å²) in [4.78, 5) is 20.1. The normalized spacial score (nSPS) is 15.5. The monoisotopic (exact) mass is 438 g/mol. The van der Waals surface area contributed by atoms with Crippen LogP contribution in [0.1, 0.15) is 41.7 Å². The van der Waals surface area contributed by atoms with Crippen molar-refractivity contribution in [3.05, 3.63) is 96.4 Å². The molecule has 0 spiro atoms. The SMILES string of the molecule is CCOc1ccc([C@H]2CCCN2C(=O)c2cn(-c3ccccc3)nc2-c2cccnc2)cc1. The molecule has 0 N–H and O–H groups in total. The Bertz CT molecular complexity index is 1220. The number of aromatic nitrogens is 3. The van der Waals surface area contributed by atoms with Crippen molar-refractivity contribution in [2.45, 2.75) is 25.8 Å². The smallest absolute Gasteiger partial charge is 0.258 e. The molecule has 1 aliphatic heterocycles. The molecule has 2 aromatic carbocycles. The van der Waals surface area contributed by atoms with E-state index in [9.17, 15) is 4.79 Å². The van der Waals surface area contributed by atoms with E-state index in [4.69, 9.17) is 9.84 Å². The van der Waals surface area contributed by atoms with Crippen molar-refractivity contribution >= 4 is 5.91 Å². The maximum atomic E-state index is 13.9. The minimum atomic E-state index is -0.00702. The zero-order chi connectivity index (χ0) is 22.6. The van der Waals surface area contributed by atoms with Gasteiger partial charge in [-0.15, -0.1) is 0 Å². The first-order chi connectivity index (χ1) is 16.2. The summed E-state index contributed by atoms with van der Waals surface area (Å²) < 4.78 is 7.35. The topological polar surface area (TPSA) is 60.2 Å². The van der Waals surface area contributed by atoms with Gasteiger partial charge in [0.2, 0.25) is 0 Å². The molecular weight excluding hydrogens is 412 g/mol. The van der Waals surface area contributed by atoms with Gasteiger partial charge in [-0.1, -0.05) is 30.3 Å². The van der Waals surface area contributed by atoms with Gasteiger partial charge in [-0.2, -0.15) is 5.10 Å². The van der Waals surface area contributed by atoms with E-state index in [0.717, 1.165) is 42.0 Å². The second-order valence-electron chi connectivity index (χ2n) is 8.07. The number of rotatable bonds is 6. The van der Waals surface area contributed by atoms with Crippen LogP contribution in [0.25, 0.3) is 16.9 Å². The van der Waals surface area contributed by atoms with E-state index in [1.54, 1.807) is 17.1 Å². The van der Waals surface area contributed by atoms with E-state index >= 15 is 0 Å². The Labute approximate surface area is 193 Å². The van der Waals surface area contributed by atoms with Gasteiger partial charge in [0.1, 0.15) is 11.4 Å². The molecule has 5 rings (SSSR count). The maximum absolute atomic E-state index is 13.9. The highest BCUT2D eigenvalue weighted by Crippen LogP contribution is 2.35. The van der Waals surface area contributed by atoms with E-state index in [1.165, 1.54) is 0 Å². The molecule has 0 radical (unpaired) electrons. The lowest BCUT2D eigenvalue weighted by atomic mass is 10.0. The van der Waals surface area contributed by atoms with Crippen molar-refractivity contribution in [1.82, 2.24) is 19.7 Å². The van der Waals surface area contributed by atoms with Crippen molar-refractivity contribution < 1.29 is 9.53 Å². The van der Waals surface area contributed by atoms with Crippen molar-refractivity contribution in [1.29, 1.82) is 0 Å². The third kappa shape index (κ3) is 4.24. The molecule has 6 nitrogen and oxygen atoms in total. The van der Waals surface area contributed by atoms with Crippen molar-refractivity contribution in [2.75, 3.05) is 13.2 Å². The van der Waals surface area contributed by atoms with E-state index in [-0.39, 0.29) is 11.9 Å². The largest absolute Gasteiger partial charge is 0.494 e. The van der Waals surface area contributed by atoms with Gasteiger partial charge in [-0.05, 0) is 61.7 Å². The number of carbonyl (C=O) groups is 1. The minimum absolute atomic E-state index is 0.00702. The van der Waals surface area contributed by atoms with E-state index < -0.39 is 0 Å². The summed E-state index contributed by atoms with van der Waals surface area (Å²) in [7, 11) is 0. The molecule has 0 bridgehead atoms. The van der Waals surface area contributed by atoms with Crippen molar-refractivity contribution in [3.8, 4) is 22.7 Å². The van der Waals surface area contributed by atoms with Crippen LogP contribution in [0, 0.1) is 0 Å². The van der Waals surface area contributed by atoms with E-state index in [2.05, 4.69) is 17.1 Å². The van der Waals surface area contributed by atoms with Crippen LogP contribution in [0.3, 0.4) is 0 Å². The summed E-state index contributed by atoms with van der Waals surface area (Å²) >= 11 is 0. The van der Waals surface area contributed by atoms with Gasteiger partial charge in [0.15, 0.2) is 0 Å². The van der Waals surface area contributed by atoms with Crippen LogP contribution in [0.2, 0.25) is 0 Å². The van der Waals surface area contributed by atoms with Gasteiger partial charge in [0.05, 0.1) is 23.9 Å². The van der Waals surface area contributed by atoms with Gasteiger partial charge in [0.25, 0.3) is 5.91 Å². The highest BCUT2D eigenvalue weighted by atomic mass is 16.5. The van der Waals surface area contributed by atoms with Crippen LogP contribution < -0.4 is 4.74 Å². The second-order valence-corrected chi connectivity index (χ2v) is 8.07. The van der Waals surface area contributed by atoms with E-state index in [1.807, 2.05) is 72.6 Å². The Kier molecular flexibility index (Phi) is 5.89. The zero-order valence-electron chi connectivity index (χ0n) is 18.6. The number of amides is 1. The summed E-state index contributed by atoms with van der Waals surface area (Å²) in [6.07, 6.45) is 7.23. The maximum Gasteiger partial charge on any atom is 0.258 e. The van der Waals surface area contributed by atoms with Gasteiger partial charge in [0, 0.05) is 30.7 Å². The van der Waals surface area contributed by atoms with Crippen LogP contribution >= 0.6 is 0 Å². The number of carbonyl (C=O) groups excluding carboxylic acids is 1. The van der Waals surface area contributed by atoms with Crippen LogP contribution in [0.15, 0.2) is 85.3 Å². The average Bonchev–Trinajstić information content (AvgIpc) is 3.54. The lowest BCUT2D eigenvalue weighted by Gasteiger charge is -2.25. The van der Waals surface area contributed by atoms with Crippen LogP contribution in [-0.2, 0) is 0 Å². The Balaban J connectivity index is 1.51. The number of nitrogens with zero attached hydrogens (tertiary/aromatic N) is 4. The third-order valence-electron chi connectivity index (χ3n) is 5.99. The summed E-state index contributed by atoms with van der Waals surface area (Å²) in [6.45, 7) is 3.33. The van der Waals surface area contributed by atoms with Gasteiger partial charge in [-0.3, -0.25) is 9.78 Å². The molecule has 1 atom stereocenters. The fraction of sp³-hybridized carbons (Fsp3) is 0.222. The molecule has 1 aliphatic rings. The first-order valence-corrected chi connectivity index (χ1v) is 11.3. The number of hydrogen-bond acceptors (Lipinski definition) is 4. The zero-order valence-corrected chi connectivity index (χ0v) is 18.6. The average molecular weight is 439 g/mol. The fourth-order valence-electron chi connectivity index (χ4n) is 4.42. The first kappa shape index (κ1) is 20.9. The summed E-state index contributed by atoms with van der Waals surface area (Å²) in [5, 5.41) is 4.79. The molecule has 6 heteroatoms. The molecule has 1 amide bonds. The number of para-hydroxylation sites is 1. The fourth-order valence-corrected chi connectivity index (χ4v) is 4.42. The Morgan fingerprint density at radius 2 is 1.88 bits per heavy atom. The molecular formula is C27H26N4O2. The van der Waals surface area contributed by atoms with Crippen LogP contribution in [0.4, 0.5) is 0 Å². The molecule has 1 saturated heterocycles. The summed E-state index contributed by atoms with van der Waals surface area (Å²) in [5.74, 6) is 0.840. The molecule has 3 heterocycles. The summed E-state index contributed by atoms with van der Waals surface area (Å²) in [6, 6.07) is 21.8. The molecule has 166 valence electrons. The number of hydrogen-bond donors (Lipinski definition) is 0. The lowest BCUT2D eigenvalue weighted by molar-refractivity contribution is 0.0736. The van der Waals surface area contributed by atoms with Gasteiger partial charge in [-0.25, -0.2) is 4.68 Å². The Hall–Kier alpha value is -3.93. The van der Waals surface area contributed by atoms with Crippen LogP contribution in [0.5, 0.6) is 5.75 Å². The standard InChI is InChI=1S/C27H26N4O2/c1-2-33-23-14-12-20(13-15-23)25-11-7-17-30(25)27(32)24-19-31(22-9-4-3-5-10-22)29-26(24)21-8-6-16-28-18-21/h3-6,8-10,12-16,18-19,25H,2,7,11,17H2,1H3/t25-/m1/s1.